The molecule has 2 atom stereocenters. The molecule has 108 valence electrons. The average Bonchev–Trinajstić information content (AvgIpc) is 2.24. The number of nitrogens with one attached hydrogen (secondary N) is 1. The minimum absolute atomic E-state index is 0.0382. The highest BCUT2D eigenvalue weighted by Gasteiger charge is 2.33. The Morgan fingerprint density at radius 1 is 1.42 bits per heavy atom. The molecule has 0 radical (unpaired) electrons. The molecule has 0 spiro atoms. The van der Waals surface area contributed by atoms with Crippen LogP contribution in [-0.4, -0.2) is 22.3 Å². The van der Waals surface area contributed by atoms with Crippen molar-refractivity contribution in [3.8, 4) is 0 Å². The molecule has 0 bridgehead atoms. The number of benzene rings is 1. The van der Waals surface area contributed by atoms with Gasteiger partial charge in [-0.1, -0.05) is 15.9 Å². The van der Waals surface area contributed by atoms with E-state index < -0.39 is 22.5 Å². The van der Waals surface area contributed by atoms with Gasteiger partial charge in [-0.15, -0.1) is 0 Å². The molecule has 2 nitrogen and oxygen atoms in total. The lowest BCUT2D eigenvalue weighted by Crippen LogP contribution is -2.20. The number of rotatable bonds is 5. The topological polar surface area (TPSA) is 29.1 Å². The van der Waals surface area contributed by atoms with E-state index in [2.05, 4.69) is 21.2 Å². The molecule has 1 aromatic carbocycles. The van der Waals surface area contributed by atoms with Crippen molar-refractivity contribution in [3.63, 3.8) is 0 Å². The highest BCUT2D eigenvalue weighted by Crippen LogP contribution is 2.36. The van der Waals surface area contributed by atoms with Gasteiger partial charge in [-0.2, -0.15) is 13.2 Å². The number of hydrogen-bond acceptors (Lipinski definition) is 2. The van der Waals surface area contributed by atoms with Crippen LogP contribution in [-0.2, 0) is 17.0 Å². The lowest BCUT2D eigenvalue weighted by molar-refractivity contribution is -0.137. The van der Waals surface area contributed by atoms with Crippen molar-refractivity contribution in [2.45, 2.75) is 25.6 Å². The van der Waals surface area contributed by atoms with E-state index in [0.717, 1.165) is 6.07 Å². The molecule has 2 unspecified atom stereocenters. The van der Waals surface area contributed by atoms with E-state index >= 15 is 0 Å². The Hall–Kier alpha value is -0.560. The monoisotopic (exact) mass is 357 g/mol. The summed E-state index contributed by atoms with van der Waals surface area (Å²) in [4.78, 5) is 0. The van der Waals surface area contributed by atoms with Crippen LogP contribution in [0.2, 0.25) is 0 Å². The molecule has 0 saturated carbocycles. The lowest BCUT2D eigenvalue weighted by atomic mass is 10.1. The Balaban J connectivity index is 2.87. The zero-order valence-electron chi connectivity index (χ0n) is 10.6. The molecule has 0 heterocycles. The third-order valence-electron chi connectivity index (χ3n) is 2.53. The van der Waals surface area contributed by atoms with Gasteiger partial charge in [-0.25, -0.2) is 0 Å². The van der Waals surface area contributed by atoms with E-state index in [1.165, 1.54) is 12.1 Å². The van der Waals surface area contributed by atoms with Gasteiger partial charge >= 0.3 is 6.18 Å². The molecule has 0 aliphatic rings. The van der Waals surface area contributed by atoms with Crippen LogP contribution in [0.25, 0.3) is 0 Å². The SMILES string of the molecule is CC(CCS(C)=O)Nc1cc(Br)ccc1C(F)(F)F. The van der Waals surface area contributed by atoms with Crippen LogP contribution in [0.3, 0.4) is 0 Å². The fourth-order valence-electron chi connectivity index (χ4n) is 1.56. The Morgan fingerprint density at radius 2 is 2.05 bits per heavy atom. The third kappa shape index (κ3) is 5.52. The van der Waals surface area contributed by atoms with Crippen molar-refractivity contribution in [2.75, 3.05) is 17.3 Å². The van der Waals surface area contributed by atoms with E-state index in [-0.39, 0.29) is 11.7 Å². The maximum absolute atomic E-state index is 12.8. The van der Waals surface area contributed by atoms with Gasteiger partial charge in [0, 0.05) is 39.0 Å². The van der Waals surface area contributed by atoms with Gasteiger partial charge in [0.15, 0.2) is 0 Å². The summed E-state index contributed by atoms with van der Waals surface area (Å²) in [6.45, 7) is 1.77. The number of hydrogen-bond donors (Lipinski definition) is 1. The fraction of sp³-hybridized carbons (Fsp3) is 0.500. The summed E-state index contributed by atoms with van der Waals surface area (Å²) in [5.74, 6) is 0.462. The van der Waals surface area contributed by atoms with Crippen molar-refractivity contribution in [1.82, 2.24) is 0 Å². The first-order chi connectivity index (χ1) is 8.70. The molecule has 0 fully saturated rings. The zero-order chi connectivity index (χ0) is 14.6. The maximum atomic E-state index is 12.8. The van der Waals surface area contributed by atoms with Crippen LogP contribution in [0, 0.1) is 0 Å². The highest BCUT2D eigenvalue weighted by molar-refractivity contribution is 9.10. The largest absolute Gasteiger partial charge is 0.418 e. The van der Waals surface area contributed by atoms with Crippen LogP contribution in [0.4, 0.5) is 18.9 Å². The van der Waals surface area contributed by atoms with Crippen LogP contribution in [0.5, 0.6) is 0 Å². The number of anilines is 1. The summed E-state index contributed by atoms with van der Waals surface area (Å²) in [7, 11) is -0.942. The Kier molecular flexibility index (Phi) is 5.85. The Morgan fingerprint density at radius 3 is 2.58 bits per heavy atom. The summed E-state index contributed by atoms with van der Waals surface area (Å²) >= 11 is 3.16. The molecule has 1 rings (SSSR count). The molecule has 0 saturated heterocycles. The molecule has 0 amide bonds. The minimum Gasteiger partial charge on any atom is -0.382 e. The zero-order valence-corrected chi connectivity index (χ0v) is 13.0. The van der Waals surface area contributed by atoms with Crippen LogP contribution in [0.15, 0.2) is 22.7 Å². The first kappa shape index (κ1) is 16.5. The van der Waals surface area contributed by atoms with E-state index in [1.807, 2.05) is 0 Å². The van der Waals surface area contributed by atoms with E-state index in [4.69, 9.17) is 0 Å². The van der Waals surface area contributed by atoms with E-state index in [1.54, 1.807) is 13.2 Å². The smallest absolute Gasteiger partial charge is 0.382 e. The van der Waals surface area contributed by atoms with Gasteiger partial charge in [-0.05, 0) is 31.5 Å². The third-order valence-corrected chi connectivity index (χ3v) is 3.83. The van der Waals surface area contributed by atoms with Gasteiger partial charge in [0.25, 0.3) is 0 Å². The summed E-state index contributed by atoms with van der Waals surface area (Å²) in [6.07, 6.45) is -2.27. The standard InChI is InChI=1S/C12H15BrF3NOS/c1-8(5-6-19(2)18)17-11-7-9(13)3-4-10(11)12(14,15)16/h3-4,7-8,17H,5-6H2,1-2H3. The predicted molar refractivity (Wildman–Crippen MR) is 75.8 cm³/mol. The Labute approximate surface area is 121 Å². The van der Waals surface area contributed by atoms with Gasteiger partial charge in [0.1, 0.15) is 0 Å². The molecular formula is C12H15BrF3NOS. The van der Waals surface area contributed by atoms with Gasteiger partial charge in [0.05, 0.1) is 5.56 Å². The fourth-order valence-corrected chi connectivity index (χ4v) is 2.61. The molecule has 1 N–H and O–H groups in total. The summed E-state index contributed by atoms with van der Waals surface area (Å²) < 4.78 is 50.1. The maximum Gasteiger partial charge on any atom is 0.418 e. The molecular weight excluding hydrogens is 343 g/mol. The molecule has 0 aliphatic carbocycles. The van der Waals surface area contributed by atoms with Crippen molar-refractivity contribution < 1.29 is 17.4 Å². The quantitative estimate of drug-likeness (QED) is 0.861. The molecule has 7 heteroatoms. The average molecular weight is 358 g/mol. The Bertz CT molecular complexity index is 465. The second-order valence-electron chi connectivity index (χ2n) is 4.30. The second-order valence-corrected chi connectivity index (χ2v) is 6.77. The summed E-state index contributed by atoms with van der Waals surface area (Å²) in [5, 5.41) is 2.83. The molecule has 0 aromatic heterocycles. The first-order valence-electron chi connectivity index (χ1n) is 5.63. The van der Waals surface area contributed by atoms with Crippen molar-refractivity contribution in [2.24, 2.45) is 0 Å². The van der Waals surface area contributed by atoms with Crippen LogP contribution < -0.4 is 5.32 Å². The number of halogens is 4. The van der Waals surface area contributed by atoms with E-state index in [0.29, 0.717) is 16.6 Å². The van der Waals surface area contributed by atoms with Crippen molar-refractivity contribution in [3.05, 3.63) is 28.2 Å². The number of alkyl halides is 3. The summed E-state index contributed by atoms with van der Waals surface area (Å²) in [6, 6.07) is 3.62. The summed E-state index contributed by atoms with van der Waals surface area (Å²) in [5.41, 5.74) is -0.656. The molecule has 19 heavy (non-hydrogen) atoms. The highest BCUT2D eigenvalue weighted by atomic mass is 79.9. The van der Waals surface area contributed by atoms with Gasteiger partial charge in [-0.3, -0.25) is 4.21 Å². The van der Waals surface area contributed by atoms with Gasteiger partial charge in [0.2, 0.25) is 0 Å². The minimum atomic E-state index is -4.39. The molecule has 0 aliphatic heterocycles. The predicted octanol–water partition coefficient (Wildman–Crippen LogP) is 4.04. The van der Waals surface area contributed by atoms with Crippen molar-refractivity contribution >= 4 is 32.4 Å². The van der Waals surface area contributed by atoms with Crippen LogP contribution in [0.1, 0.15) is 18.9 Å². The van der Waals surface area contributed by atoms with Gasteiger partial charge < -0.3 is 5.32 Å². The second kappa shape index (κ2) is 6.74. The van der Waals surface area contributed by atoms with E-state index in [9.17, 15) is 17.4 Å². The van der Waals surface area contributed by atoms with Crippen LogP contribution >= 0.6 is 15.9 Å². The normalized spacial score (nSPS) is 15.1. The first-order valence-corrected chi connectivity index (χ1v) is 8.15. The molecule has 1 aromatic rings. The van der Waals surface area contributed by atoms with Crippen molar-refractivity contribution in [1.29, 1.82) is 0 Å². The lowest BCUT2D eigenvalue weighted by Gasteiger charge is -2.19.